The van der Waals surface area contributed by atoms with Gasteiger partial charge < -0.3 is 4.90 Å². The number of carbonyl (C=O) groups is 1. The summed E-state index contributed by atoms with van der Waals surface area (Å²) < 4.78 is 0. The number of carbonyl (C=O) groups excluding carboxylic acids is 1. The summed E-state index contributed by atoms with van der Waals surface area (Å²) in [7, 11) is 0. The minimum Gasteiger partial charge on any atom is -0.369 e. The van der Waals surface area contributed by atoms with Gasteiger partial charge in [0.1, 0.15) is 0 Å². The van der Waals surface area contributed by atoms with Crippen molar-refractivity contribution in [1.29, 1.82) is 0 Å². The molecule has 0 aliphatic rings. The normalized spacial score (nSPS) is 12.2. The van der Waals surface area contributed by atoms with Gasteiger partial charge in [-0.05, 0) is 44.0 Å². The van der Waals surface area contributed by atoms with Gasteiger partial charge in [0, 0.05) is 30.3 Å². The maximum absolute atomic E-state index is 11.6. The lowest BCUT2D eigenvalue weighted by Gasteiger charge is -2.31. The van der Waals surface area contributed by atoms with Crippen molar-refractivity contribution < 1.29 is 4.79 Å². The molecule has 1 rings (SSSR count). The second kappa shape index (κ2) is 7.98. The summed E-state index contributed by atoms with van der Waals surface area (Å²) in [4.78, 5) is 14.1. The van der Waals surface area contributed by atoms with Crippen LogP contribution in [0.15, 0.2) is 24.3 Å². The molecule has 106 valence electrons. The van der Waals surface area contributed by atoms with Gasteiger partial charge in [0.25, 0.3) is 0 Å². The highest BCUT2D eigenvalue weighted by molar-refractivity contribution is 5.96. The summed E-state index contributed by atoms with van der Waals surface area (Å²) in [5.41, 5.74) is 2.06. The largest absolute Gasteiger partial charge is 0.369 e. The van der Waals surface area contributed by atoms with Crippen LogP contribution < -0.4 is 4.90 Å². The number of hydrogen-bond donors (Lipinski definition) is 0. The third kappa shape index (κ3) is 4.38. The molecule has 2 heteroatoms. The monoisotopic (exact) mass is 261 g/mol. The Hall–Kier alpha value is -1.31. The van der Waals surface area contributed by atoms with Crippen LogP contribution in [0.1, 0.15) is 63.7 Å². The molecule has 1 aromatic carbocycles. The molecule has 0 heterocycles. The van der Waals surface area contributed by atoms with Gasteiger partial charge in [0.15, 0.2) is 5.78 Å². The molecular weight excluding hydrogens is 234 g/mol. The molecule has 0 N–H and O–H groups in total. The summed E-state index contributed by atoms with van der Waals surface area (Å²) in [6.07, 6.45) is 4.13. The first-order chi connectivity index (χ1) is 9.13. The van der Waals surface area contributed by atoms with Crippen LogP contribution in [0.2, 0.25) is 0 Å². The first-order valence-electron chi connectivity index (χ1n) is 7.53. The predicted octanol–water partition coefficient (Wildman–Crippen LogP) is 4.68. The maximum atomic E-state index is 11.6. The third-order valence-corrected chi connectivity index (χ3v) is 3.72. The number of anilines is 1. The number of benzene rings is 1. The lowest BCUT2D eigenvalue weighted by atomic mass is 10.1. The van der Waals surface area contributed by atoms with Crippen LogP contribution in [0, 0.1) is 0 Å². The third-order valence-electron chi connectivity index (χ3n) is 3.72. The van der Waals surface area contributed by atoms with Crippen LogP contribution in [0.5, 0.6) is 0 Å². The second-order valence-corrected chi connectivity index (χ2v) is 5.13. The van der Waals surface area contributed by atoms with Gasteiger partial charge >= 0.3 is 0 Å². The lowest BCUT2D eigenvalue weighted by molar-refractivity contribution is 0.0988. The Morgan fingerprint density at radius 2 is 1.79 bits per heavy atom. The highest BCUT2D eigenvalue weighted by Crippen LogP contribution is 2.20. The topological polar surface area (TPSA) is 20.3 Å². The quantitative estimate of drug-likeness (QED) is 0.633. The smallest absolute Gasteiger partial charge is 0.162 e. The average Bonchev–Trinajstić information content (AvgIpc) is 2.47. The van der Waals surface area contributed by atoms with Crippen LogP contribution in [-0.2, 0) is 0 Å². The van der Waals surface area contributed by atoms with E-state index >= 15 is 0 Å². The molecule has 2 nitrogen and oxygen atoms in total. The van der Waals surface area contributed by atoms with Crippen molar-refractivity contribution in [2.75, 3.05) is 11.4 Å². The van der Waals surface area contributed by atoms with E-state index in [0.29, 0.717) is 12.5 Å². The molecule has 1 aromatic rings. The van der Waals surface area contributed by atoms with Crippen LogP contribution in [0.3, 0.4) is 0 Å². The first-order valence-corrected chi connectivity index (χ1v) is 7.53. The molecule has 0 saturated carbocycles. The van der Waals surface area contributed by atoms with E-state index in [9.17, 15) is 4.79 Å². The van der Waals surface area contributed by atoms with Crippen molar-refractivity contribution in [3.05, 3.63) is 29.8 Å². The number of Topliss-reactive ketones (excluding diaryl/α,β-unsaturated/α-hetero) is 1. The number of unbranched alkanes of at least 4 members (excludes halogenated alkanes) is 1. The van der Waals surface area contributed by atoms with E-state index in [1.54, 1.807) is 0 Å². The molecule has 0 bridgehead atoms. The van der Waals surface area contributed by atoms with Gasteiger partial charge in [-0.2, -0.15) is 0 Å². The molecule has 0 saturated heterocycles. The van der Waals surface area contributed by atoms with Gasteiger partial charge in [-0.25, -0.2) is 0 Å². The van der Waals surface area contributed by atoms with Gasteiger partial charge in [0.05, 0.1) is 0 Å². The van der Waals surface area contributed by atoms with Crippen LogP contribution in [0.4, 0.5) is 5.69 Å². The molecule has 0 spiro atoms. The fraction of sp³-hybridized carbons (Fsp3) is 0.588. The van der Waals surface area contributed by atoms with Crippen molar-refractivity contribution in [1.82, 2.24) is 0 Å². The van der Waals surface area contributed by atoms with Crippen molar-refractivity contribution >= 4 is 11.5 Å². The molecule has 0 fully saturated rings. The molecule has 0 aliphatic heterocycles. The van der Waals surface area contributed by atoms with E-state index in [2.05, 4.69) is 37.8 Å². The lowest BCUT2D eigenvalue weighted by Crippen LogP contribution is -2.33. The second-order valence-electron chi connectivity index (χ2n) is 5.13. The number of nitrogens with zero attached hydrogens (tertiary/aromatic N) is 1. The minimum absolute atomic E-state index is 0.218. The van der Waals surface area contributed by atoms with E-state index in [0.717, 1.165) is 18.5 Å². The fourth-order valence-corrected chi connectivity index (χ4v) is 2.20. The van der Waals surface area contributed by atoms with E-state index in [1.807, 2.05) is 19.1 Å². The molecule has 19 heavy (non-hydrogen) atoms. The van der Waals surface area contributed by atoms with Crippen molar-refractivity contribution in [2.45, 2.75) is 59.4 Å². The van der Waals surface area contributed by atoms with Crippen LogP contribution >= 0.6 is 0 Å². The van der Waals surface area contributed by atoms with Crippen molar-refractivity contribution in [2.24, 2.45) is 0 Å². The Balaban J connectivity index is 2.87. The summed E-state index contributed by atoms with van der Waals surface area (Å²) in [6.45, 7) is 9.70. The maximum Gasteiger partial charge on any atom is 0.162 e. The molecule has 0 aliphatic carbocycles. The van der Waals surface area contributed by atoms with Gasteiger partial charge in [0.2, 0.25) is 0 Å². The Labute approximate surface area is 117 Å². The van der Waals surface area contributed by atoms with Gasteiger partial charge in [-0.3, -0.25) is 4.79 Å². The highest BCUT2D eigenvalue weighted by atomic mass is 16.1. The summed E-state index contributed by atoms with van der Waals surface area (Å²) in [5.74, 6) is 0.218. The molecule has 0 amide bonds. The molecule has 1 atom stereocenters. The van der Waals surface area contributed by atoms with E-state index in [-0.39, 0.29) is 5.78 Å². The molecule has 0 aromatic heterocycles. The molecule has 1 unspecified atom stereocenters. The Morgan fingerprint density at radius 1 is 1.16 bits per heavy atom. The standard InChI is InChI=1S/C17H27NO/c1-5-8-13-18(14(4)6-2)16-11-9-15(10-12-16)17(19)7-3/h9-12,14H,5-8,13H2,1-4H3. The zero-order valence-corrected chi connectivity index (χ0v) is 12.8. The Morgan fingerprint density at radius 3 is 2.26 bits per heavy atom. The molecular formula is C17H27NO. The van der Waals surface area contributed by atoms with Gasteiger partial charge in [-0.15, -0.1) is 0 Å². The van der Waals surface area contributed by atoms with Crippen molar-refractivity contribution in [3.8, 4) is 0 Å². The fourth-order valence-electron chi connectivity index (χ4n) is 2.20. The zero-order chi connectivity index (χ0) is 14.3. The number of ketones is 1. The average molecular weight is 261 g/mol. The molecule has 0 radical (unpaired) electrons. The first kappa shape index (κ1) is 15.7. The van der Waals surface area contributed by atoms with Crippen LogP contribution in [0.25, 0.3) is 0 Å². The highest BCUT2D eigenvalue weighted by Gasteiger charge is 2.13. The number of hydrogen-bond acceptors (Lipinski definition) is 2. The van der Waals surface area contributed by atoms with E-state index < -0.39 is 0 Å². The van der Waals surface area contributed by atoms with Gasteiger partial charge in [-0.1, -0.05) is 27.2 Å². The minimum atomic E-state index is 0.218. The Kier molecular flexibility index (Phi) is 6.61. The summed E-state index contributed by atoms with van der Waals surface area (Å²) >= 11 is 0. The van der Waals surface area contributed by atoms with Crippen molar-refractivity contribution in [3.63, 3.8) is 0 Å². The van der Waals surface area contributed by atoms with E-state index in [4.69, 9.17) is 0 Å². The zero-order valence-electron chi connectivity index (χ0n) is 12.8. The predicted molar refractivity (Wildman–Crippen MR) is 83.1 cm³/mol. The summed E-state index contributed by atoms with van der Waals surface area (Å²) in [6, 6.07) is 8.64. The number of rotatable bonds is 8. The summed E-state index contributed by atoms with van der Waals surface area (Å²) in [5, 5.41) is 0. The van der Waals surface area contributed by atoms with Crippen LogP contribution in [-0.4, -0.2) is 18.4 Å². The Bertz CT molecular complexity index is 383. The van der Waals surface area contributed by atoms with E-state index in [1.165, 1.54) is 18.5 Å². The SMILES string of the molecule is CCCCN(c1ccc(C(=O)CC)cc1)C(C)CC.